The number of allylic oxidation sites excluding steroid dienone is 2. The molecule has 1 amide bonds. The van der Waals surface area contributed by atoms with E-state index >= 15 is 0 Å². The Morgan fingerprint density at radius 3 is 2.22 bits per heavy atom. The standard InChI is InChI=1S/C17H13N3O3/c1-9-13(8-10-6-7-14(17(18)23)20-19-10)16(22)12-5-3-2-4-11(12)15(9)21/h2-7H,8H2,1H3,(H2,18,23). The average molecular weight is 307 g/mol. The van der Waals surface area contributed by atoms with Gasteiger partial charge in [-0.15, -0.1) is 5.10 Å². The zero-order chi connectivity index (χ0) is 16.6. The van der Waals surface area contributed by atoms with Crippen molar-refractivity contribution < 1.29 is 14.4 Å². The van der Waals surface area contributed by atoms with E-state index in [1.807, 2.05) is 0 Å². The Kier molecular flexibility index (Phi) is 3.57. The van der Waals surface area contributed by atoms with Gasteiger partial charge in [-0.1, -0.05) is 24.3 Å². The number of benzene rings is 1. The fourth-order valence-corrected chi connectivity index (χ4v) is 2.53. The van der Waals surface area contributed by atoms with E-state index < -0.39 is 5.91 Å². The number of hydrogen-bond acceptors (Lipinski definition) is 5. The van der Waals surface area contributed by atoms with Gasteiger partial charge in [-0.25, -0.2) is 0 Å². The van der Waals surface area contributed by atoms with E-state index in [-0.39, 0.29) is 23.7 Å². The fourth-order valence-electron chi connectivity index (χ4n) is 2.53. The highest BCUT2D eigenvalue weighted by Crippen LogP contribution is 2.27. The number of amides is 1. The van der Waals surface area contributed by atoms with Crippen LogP contribution in [-0.4, -0.2) is 27.7 Å². The molecule has 114 valence electrons. The van der Waals surface area contributed by atoms with Crippen LogP contribution in [0.4, 0.5) is 0 Å². The van der Waals surface area contributed by atoms with Gasteiger partial charge in [-0.3, -0.25) is 14.4 Å². The normalized spacial score (nSPS) is 14.0. The van der Waals surface area contributed by atoms with Crippen molar-refractivity contribution in [2.45, 2.75) is 13.3 Å². The van der Waals surface area contributed by atoms with Crippen LogP contribution < -0.4 is 5.73 Å². The molecule has 6 nitrogen and oxygen atoms in total. The minimum absolute atomic E-state index is 0.0517. The van der Waals surface area contributed by atoms with Crippen LogP contribution in [-0.2, 0) is 6.42 Å². The second-order valence-corrected chi connectivity index (χ2v) is 5.26. The number of rotatable bonds is 3. The largest absolute Gasteiger partial charge is 0.364 e. The van der Waals surface area contributed by atoms with Gasteiger partial charge in [0.2, 0.25) is 0 Å². The Morgan fingerprint density at radius 1 is 1.00 bits per heavy atom. The van der Waals surface area contributed by atoms with Crippen LogP contribution in [0.1, 0.15) is 43.8 Å². The number of nitrogens with zero attached hydrogens (tertiary/aromatic N) is 2. The third-order valence-corrected chi connectivity index (χ3v) is 3.81. The summed E-state index contributed by atoms with van der Waals surface area (Å²) in [6.45, 7) is 1.64. The number of ketones is 2. The van der Waals surface area contributed by atoms with Gasteiger partial charge < -0.3 is 5.73 Å². The van der Waals surface area contributed by atoms with Crippen LogP contribution in [0.15, 0.2) is 47.5 Å². The Morgan fingerprint density at radius 2 is 1.65 bits per heavy atom. The lowest BCUT2D eigenvalue weighted by atomic mass is 9.83. The molecule has 0 atom stereocenters. The van der Waals surface area contributed by atoms with E-state index in [2.05, 4.69) is 10.2 Å². The zero-order valence-corrected chi connectivity index (χ0v) is 12.4. The molecule has 3 rings (SSSR count). The van der Waals surface area contributed by atoms with Gasteiger partial charge >= 0.3 is 0 Å². The van der Waals surface area contributed by atoms with Crippen molar-refractivity contribution in [2.75, 3.05) is 0 Å². The first kappa shape index (κ1) is 14.8. The van der Waals surface area contributed by atoms with Crippen LogP contribution in [0.25, 0.3) is 0 Å². The van der Waals surface area contributed by atoms with Gasteiger partial charge in [0.1, 0.15) is 0 Å². The maximum atomic E-state index is 12.6. The van der Waals surface area contributed by atoms with Gasteiger partial charge in [0.25, 0.3) is 5.91 Å². The number of carbonyl (C=O) groups is 3. The third-order valence-electron chi connectivity index (χ3n) is 3.81. The quantitative estimate of drug-likeness (QED) is 0.925. The Labute approximate surface area is 132 Å². The van der Waals surface area contributed by atoms with Crippen LogP contribution in [0.3, 0.4) is 0 Å². The van der Waals surface area contributed by atoms with Crippen molar-refractivity contribution >= 4 is 17.5 Å². The van der Waals surface area contributed by atoms with Crippen molar-refractivity contribution in [3.05, 3.63) is 70.1 Å². The molecular weight excluding hydrogens is 294 g/mol. The highest BCUT2D eigenvalue weighted by atomic mass is 16.1. The van der Waals surface area contributed by atoms with E-state index in [0.717, 1.165) is 0 Å². The summed E-state index contributed by atoms with van der Waals surface area (Å²) in [6.07, 6.45) is 0.177. The lowest BCUT2D eigenvalue weighted by Crippen LogP contribution is -2.22. The van der Waals surface area contributed by atoms with Crippen molar-refractivity contribution in [1.82, 2.24) is 10.2 Å². The van der Waals surface area contributed by atoms with Gasteiger partial charge in [0, 0.05) is 28.7 Å². The first-order chi connectivity index (χ1) is 11.0. The van der Waals surface area contributed by atoms with Crippen molar-refractivity contribution in [3.8, 4) is 0 Å². The van der Waals surface area contributed by atoms with E-state index in [1.54, 1.807) is 37.3 Å². The Hall–Kier alpha value is -3.15. The van der Waals surface area contributed by atoms with Crippen LogP contribution in [0.5, 0.6) is 0 Å². The van der Waals surface area contributed by atoms with Gasteiger partial charge in [-0.2, -0.15) is 5.10 Å². The number of fused-ring (bicyclic) bond motifs is 1. The zero-order valence-electron chi connectivity index (χ0n) is 12.4. The predicted octanol–water partition coefficient (Wildman–Crippen LogP) is 1.51. The number of aromatic nitrogens is 2. The summed E-state index contributed by atoms with van der Waals surface area (Å²) in [4.78, 5) is 36.0. The molecule has 0 saturated heterocycles. The fraction of sp³-hybridized carbons (Fsp3) is 0.118. The minimum Gasteiger partial charge on any atom is -0.364 e. The average Bonchev–Trinajstić information content (AvgIpc) is 2.57. The molecule has 1 heterocycles. The summed E-state index contributed by atoms with van der Waals surface area (Å²) in [5.41, 5.74) is 7.29. The van der Waals surface area contributed by atoms with Crippen molar-refractivity contribution in [2.24, 2.45) is 5.73 Å². The summed E-state index contributed by atoms with van der Waals surface area (Å²) in [6, 6.07) is 9.77. The molecule has 0 bridgehead atoms. The molecule has 2 N–H and O–H groups in total. The molecule has 23 heavy (non-hydrogen) atoms. The number of nitrogens with two attached hydrogens (primary N) is 1. The van der Waals surface area contributed by atoms with E-state index in [9.17, 15) is 14.4 Å². The number of hydrogen-bond donors (Lipinski definition) is 1. The second-order valence-electron chi connectivity index (χ2n) is 5.26. The number of carbonyl (C=O) groups excluding carboxylic acids is 3. The molecule has 1 aliphatic rings. The summed E-state index contributed by atoms with van der Waals surface area (Å²) < 4.78 is 0. The lowest BCUT2D eigenvalue weighted by Gasteiger charge is -2.18. The molecule has 2 aromatic rings. The molecule has 6 heteroatoms. The van der Waals surface area contributed by atoms with E-state index in [0.29, 0.717) is 28.0 Å². The van der Waals surface area contributed by atoms with Crippen LogP contribution in [0, 0.1) is 0 Å². The highest BCUT2D eigenvalue weighted by Gasteiger charge is 2.29. The summed E-state index contributed by atoms with van der Waals surface area (Å²) in [7, 11) is 0. The molecule has 0 radical (unpaired) electrons. The smallest absolute Gasteiger partial charge is 0.269 e. The molecule has 1 aliphatic carbocycles. The van der Waals surface area contributed by atoms with Crippen molar-refractivity contribution in [1.29, 1.82) is 0 Å². The van der Waals surface area contributed by atoms with Crippen LogP contribution >= 0.6 is 0 Å². The number of primary amides is 1. The molecule has 0 saturated carbocycles. The topological polar surface area (TPSA) is 103 Å². The monoisotopic (exact) mass is 307 g/mol. The molecule has 1 aromatic carbocycles. The maximum absolute atomic E-state index is 12.6. The van der Waals surface area contributed by atoms with Gasteiger partial charge in [-0.05, 0) is 19.1 Å². The maximum Gasteiger partial charge on any atom is 0.269 e. The predicted molar refractivity (Wildman–Crippen MR) is 82.1 cm³/mol. The van der Waals surface area contributed by atoms with Gasteiger partial charge in [0.15, 0.2) is 17.3 Å². The first-order valence-corrected chi connectivity index (χ1v) is 6.99. The Balaban J connectivity index is 1.96. The minimum atomic E-state index is -0.669. The third kappa shape index (κ3) is 2.55. The lowest BCUT2D eigenvalue weighted by molar-refractivity contribution is 0.0972. The molecule has 0 fully saturated rings. The highest BCUT2D eigenvalue weighted by molar-refractivity contribution is 6.26. The van der Waals surface area contributed by atoms with E-state index in [1.165, 1.54) is 6.07 Å². The second kappa shape index (κ2) is 5.57. The summed E-state index contributed by atoms with van der Waals surface area (Å²) >= 11 is 0. The number of Topliss-reactive ketones (excluding diaryl/α,β-unsaturated/α-hetero) is 2. The molecule has 0 aliphatic heterocycles. The summed E-state index contributed by atoms with van der Waals surface area (Å²) in [5.74, 6) is -1.01. The summed E-state index contributed by atoms with van der Waals surface area (Å²) in [5, 5.41) is 7.61. The SMILES string of the molecule is CC1=C(Cc2ccc(C(N)=O)nn2)C(=O)c2ccccc2C1=O. The van der Waals surface area contributed by atoms with Crippen LogP contribution in [0.2, 0.25) is 0 Å². The molecule has 1 aromatic heterocycles. The van der Waals surface area contributed by atoms with Gasteiger partial charge in [0.05, 0.1) is 5.69 Å². The first-order valence-electron chi connectivity index (χ1n) is 6.99. The molecular formula is C17H13N3O3. The molecule has 0 unspecified atom stereocenters. The van der Waals surface area contributed by atoms with Crippen molar-refractivity contribution in [3.63, 3.8) is 0 Å². The molecule has 0 spiro atoms. The van der Waals surface area contributed by atoms with E-state index in [4.69, 9.17) is 5.73 Å². The Bertz CT molecular complexity index is 867.